The highest BCUT2D eigenvalue weighted by atomic mass is 14.9. The maximum atomic E-state index is 2.49. The molecule has 12 heavy (non-hydrogen) atoms. The van der Waals surface area contributed by atoms with Crippen molar-refractivity contribution in [2.45, 2.75) is 59.4 Å². The molecule has 0 aromatic rings. The van der Waals surface area contributed by atoms with Crippen LogP contribution in [0.3, 0.4) is 0 Å². The first-order chi connectivity index (χ1) is 5.68. The van der Waals surface area contributed by atoms with Gasteiger partial charge in [0.25, 0.3) is 0 Å². The SMILES string of the molecule is CCCCCC[NH2+][C@H](C)C(C)C. The van der Waals surface area contributed by atoms with Crippen molar-refractivity contribution in [1.82, 2.24) is 0 Å². The van der Waals surface area contributed by atoms with Gasteiger partial charge in [-0.2, -0.15) is 0 Å². The zero-order valence-corrected chi connectivity index (χ0v) is 9.27. The van der Waals surface area contributed by atoms with Crippen molar-refractivity contribution in [2.75, 3.05) is 6.54 Å². The summed E-state index contributed by atoms with van der Waals surface area (Å²) in [6, 6.07) is 0.798. The number of hydrogen-bond donors (Lipinski definition) is 1. The smallest absolute Gasteiger partial charge is 0.0853 e. The van der Waals surface area contributed by atoms with Crippen LogP contribution in [-0.2, 0) is 0 Å². The topological polar surface area (TPSA) is 16.6 Å². The maximum Gasteiger partial charge on any atom is 0.0853 e. The van der Waals surface area contributed by atoms with E-state index in [0.29, 0.717) is 0 Å². The predicted molar refractivity (Wildman–Crippen MR) is 55.2 cm³/mol. The molecule has 0 aliphatic carbocycles. The fourth-order valence-electron chi connectivity index (χ4n) is 1.22. The molecule has 0 spiro atoms. The molecule has 1 heteroatoms. The monoisotopic (exact) mass is 172 g/mol. The van der Waals surface area contributed by atoms with Crippen LogP contribution in [0.1, 0.15) is 53.4 Å². The number of rotatable bonds is 7. The third kappa shape index (κ3) is 6.66. The molecule has 0 saturated heterocycles. The molecule has 1 nitrogen and oxygen atoms in total. The number of nitrogens with two attached hydrogens (primary N) is 1. The van der Waals surface area contributed by atoms with E-state index in [1.807, 2.05) is 0 Å². The Hall–Kier alpha value is -0.0400. The third-order valence-electron chi connectivity index (χ3n) is 2.65. The van der Waals surface area contributed by atoms with Crippen LogP contribution in [0.4, 0.5) is 0 Å². The Kier molecular flexibility index (Phi) is 7.58. The summed E-state index contributed by atoms with van der Waals surface area (Å²) in [6.45, 7) is 10.5. The van der Waals surface area contributed by atoms with Gasteiger partial charge < -0.3 is 5.32 Å². The first kappa shape index (κ1) is 12.0. The lowest BCUT2D eigenvalue weighted by molar-refractivity contribution is -0.692. The molecule has 0 rings (SSSR count). The van der Waals surface area contributed by atoms with Gasteiger partial charge in [-0.1, -0.05) is 33.6 Å². The van der Waals surface area contributed by atoms with Gasteiger partial charge >= 0.3 is 0 Å². The lowest BCUT2D eigenvalue weighted by Gasteiger charge is -2.13. The Morgan fingerprint density at radius 2 is 1.67 bits per heavy atom. The van der Waals surface area contributed by atoms with Crippen molar-refractivity contribution in [2.24, 2.45) is 5.92 Å². The van der Waals surface area contributed by atoms with E-state index in [1.54, 1.807) is 0 Å². The minimum atomic E-state index is 0.798. The van der Waals surface area contributed by atoms with Crippen molar-refractivity contribution in [3.05, 3.63) is 0 Å². The maximum absolute atomic E-state index is 2.49. The Morgan fingerprint density at radius 3 is 2.17 bits per heavy atom. The molecule has 0 radical (unpaired) electrons. The van der Waals surface area contributed by atoms with Crippen LogP contribution in [0.2, 0.25) is 0 Å². The molecule has 0 bridgehead atoms. The Balaban J connectivity index is 3.08. The minimum absolute atomic E-state index is 0.798. The molecule has 0 aromatic heterocycles. The van der Waals surface area contributed by atoms with Crippen LogP contribution in [-0.4, -0.2) is 12.6 Å². The van der Waals surface area contributed by atoms with Gasteiger partial charge in [0.05, 0.1) is 12.6 Å². The number of quaternary nitrogens is 1. The lowest BCUT2D eigenvalue weighted by Crippen LogP contribution is -2.90. The average molecular weight is 172 g/mol. The second kappa shape index (κ2) is 7.60. The second-order valence-electron chi connectivity index (χ2n) is 4.19. The van der Waals surface area contributed by atoms with E-state index in [4.69, 9.17) is 0 Å². The number of unbranched alkanes of at least 4 members (excludes halogenated alkanes) is 3. The van der Waals surface area contributed by atoms with Gasteiger partial charge in [0.1, 0.15) is 0 Å². The summed E-state index contributed by atoms with van der Waals surface area (Å²) >= 11 is 0. The lowest BCUT2D eigenvalue weighted by atomic mass is 10.1. The van der Waals surface area contributed by atoms with E-state index in [-0.39, 0.29) is 0 Å². The van der Waals surface area contributed by atoms with Crippen molar-refractivity contribution in [1.29, 1.82) is 0 Å². The summed E-state index contributed by atoms with van der Waals surface area (Å²) in [7, 11) is 0. The molecule has 2 N–H and O–H groups in total. The van der Waals surface area contributed by atoms with Crippen LogP contribution >= 0.6 is 0 Å². The Labute approximate surface area is 77.9 Å². The van der Waals surface area contributed by atoms with Crippen LogP contribution in [0, 0.1) is 5.92 Å². The Morgan fingerprint density at radius 1 is 1.00 bits per heavy atom. The Bertz CT molecular complexity index is 89.0. The highest BCUT2D eigenvalue weighted by molar-refractivity contribution is 4.49. The quantitative estimate of drug-likeness (QED) is 0.567. The van der Waals surface area contributed by atoms with Gasteiger partial charge in [-0.3, -0.25) is 0 Å². The van der Waals surface area contributed by atoms with E-state index < -0.39 is 0 Å². The van der Waals surface area contributed by atoms with Crippen molar-refractivity contribution < 1.29 is 5.32 Å². The first-order valence-corrected chi connectivity index (χ1v) is 5.51. The van der Waals surface area contributed by atoms with Crippen molar-refractivity contribution >= 4 is 0 Å². The van der Waals surface area contributed by atoms with Gasteiger partial charge in [-0.15, -0.1) is 0 Å². The molecule has 1 atom stereocenters. The molecular weight excluding hydrogens is 146 g/mol. The summed E-state index contributed by atoms with van der Waals surface area (Å²) in [5.74, 6) is 0.816. The molecule has 0 aliphatic heterocycles. The molecule has 0 fully saturated rings. The van der Waals surface area contributed by atoms with Crippen LogP contribution < -0.4 is 5.32 Å². The summed E-state index contributed by atoms with van der Waals surface area (Å²) < 4.78 is 0. The van der Waals surface area contributed by atoms with Crippen molar-refractivity contribution in [3.8, 4) is 0 Å². The minimum Gasteiger partial charge on any atom is -0.344 e. The molecule has 0 aliphatic rings. The van der Waals surface area contributed by atoms with E-state index in [1.165, 1.54) is 32.2 Å². The zero-order chi connectivity index (χ0) is 9.40. The molecule has 0 heterocycles. The van der Waals surface area contributed by atoms with Gasteiger partial charge in [0.15, 0.2) is 0 Å². The molecule has 0 saturated carbocycles. The van der Waals surface area contributed by atoms with Crippen molar-refractivity contribution in [3.63, 3.8) is 0 Å². The van der Waals surface area contributed by atoms with Gasteiger partial charge in [0, 0.05) is 5.92 Å². The zero-order valence-electron chi connectivity index (χ0n) is 9.27. The normalized spacial score (nSPS) is 13.8. The number of hydrogen-bond acceptors (Lipinski definition) is 0. The average Bonchev–Trinajstić information content (AvgIpc) is 2.03. The van der Waals surface area contributed by atoms with Gasteiger partial charge in [-0.05, 0) is 19.8 Å². The van der Waals surface area contributed by atoms with E-state index in [0.717, 1.165) is 12.0 Å². The van der Waals surface area contributed by atoms with E-state index >= 15 is 0 Å². The van der Waals surface area contributed by atoms with E-state index in [9.17, 15) is 0 Å². The summed E-state index contributed by atoms with van der Waals surface area (Å²) in [4.78, 5) is 0. The molecule has 0 aromatic carbocycles. The first-order valence-electron chi connectivity index (χ1n) is 5.51. The van der Waals surface area contributed by atoms with Gasteiger partial charge in [-0.25, -0.2) is 0 Å². The predicted octanol–water partition coefficient (Wildman–Crippen LogP) is 2.17. The summed E-state index contributed by atoms with van der Waals surface area (Å²) in [5.41, 5.74) is 0. The van der Waals surface area contributed by atoms with Gasteiger partial charge in [0.2, 0.25) is 0 Å². The largest absolute Gasteiger partial charge is 0.344 e. The highest BCUT2D eigenvalue weighted by Gasteiger charge is 2.07. The van der Waals surface area contributed by atoms with E-state index in [2.05, 4.69) is 33.0 Å². The molecule has 0 amide bonds. The fraction of sp³-hybridized carbons (Fsp3) is 1.00. The molecular formula is C11H26N+. The van der Waals surface area contributed by atoms with Crippen LogP contribution in [0.15, 0.2) is 0 Å². The fourth-order valence-corrected chi connectivity index (χ4v) is 1.22. The highest BCUT2D eigenvalue weighted by Crippen LogP contribution is 1.97. The molecule has 74 valence electrons. The third-order valence-corrected chi connectivity index (χ3v) is 2.65. The summed E-state index contributed by atoms with van der Waals surface area (Å²) in [6.07, 6.45) is 5.56. The summed E-state index contributed by atoms with van der Waals surface area (Å²) in [5, 5.41) is 2.49. The molecule has 0 unspecified atom stereocenters. The standard InChI is InChI=1S/C11H25N/c1-5-6-7-8-9-12-11(4)10(2)3/h10-12H,5-9H2,1-4H3/p+1/t11-/m1/s1. The van der Waals surface area contributed by atoms with Crippen LogP contribution in [0.25, 0.3) is 0 Å². The van der Waals surface area contributed by atoms with Crippen LogP contribution in [0.5, 0.6) is 0 Å². The second-order valence-corrected chi connectivity index (χ2v) is 4.19.